The fourth-order valence-corrected chi connectivity index (χ4v) is 8.68. The van der Waals surface area contributed by atoms with Crippen molar-refractivity contribution >= 4 is 51.7 Å². The zero-order valence-electron chi connectivity index (χ0n) is 33.1. The van der Waals surface area contributed by atoms with Crippen LogP contribution in [0.5, 0.6) is 0 Å². The van der Waals surface area contributed by atoms with Gasteiger partial charge < -0.3 is 25.7 Å². The molecule has 57 heavy (non-hydrogen) atoms. The Morgan fingerprint density at radius 1 is 0.754 bits per heavy atom. The van der Waals surface area contributed by atoms with E-state index >= 15 is 0 Å². The number of anilines is 2. The Labute approximate surface area is 339 Å². The van der Waals surface area contributed by atoms with Crippen LogP contribution in [0.1, 0.15) is 117 Å². The van der Waals surface area contributed by atoms with Crippen molar-refractivity contribution in [3.8, 4) is 0 Å². The maximum Gasteiger partial charge on any atom is 0.335 e. The molecule has 0 saturated heterocycles. The summed E-state index contributed by atoms with van der Waals surface area (Å²) < 4.78 is 0. The molecular weight excluding hydrogens is 741 g/mol. The van der Waals surface area contributed by atoms with Crippen LogP contribution in [0.4, 0.5) is 10.7 Å². The summed E-state index contributed by atoms with van der Waals surface area (Å²) in [6, 6.07) is 22.5. The molecule has 3 aromatic carbocycles. The number of aliphatic carboxylic acids is 1. The Morgan fingerprint density at radius 2 is 1.42 bits per heavy atom. The first-order valence-corrected chi connectivity index (χ1v) is 20.7. The van der Waals surface area contributed by atoms with E-state index in [4.69, 9.17) is 10.2 Å². The Morgan fingerprint density at radius 3 is 2.07 bits per heavy atom. The fraction of sp³-hybridized carbons (Fsp3) is 0.400. The number of carbonyl (C=O) groups excluding carboxylic acids is 3. The smallest absolute Gasteiger partial charge is 0.335 e. The van der Waals surface area contributed by atoms with Crippen LogP contribution in [0, 0.1) is 0 Å². The number of fused-ring (bicyclic) bond motifs is 1. The first-order chi connectivity index (χ1) is 27.4. The molecule has 0 bridgehead atoms. The zero-order chi connectivity index (χ0) is 40.9. The summed E-state index contributed by atoms with van der Waals surface area (Å²) in [5.41, 5.74) is 6.10. The summed E-state index contributed by atoms with van der Waals surface area (Å²) in [7, 11) is 1.71. The SMILES string of the molecule is CCC(CC)N(CCCN(C)C(=O)CCC(=O)O)Cc1cccc(C(=O)Nc2sc3c(c2C(=O)Nc2ccc(CCc4ccc(C(=O)O)cc4)cc2)CCCC3)c1. The van der Waals surface area contributed by atoms with Crippen LogP contribution >= 0.6 is 11.3 Å². The van der Waals surface area contributed by atoms with Crippen molar-refractivity contribution in [2.75, 3.05) is 30.8 Å². The van der Waals surface area contributed by atoms with Crippen molar-refractivity contribution in [2.45, 2.75) is 97.1 Å². The van der Waals surface area contributed by atoms with Crippen molar-refractivity contribution in [3.05, 3.63) is 117 Å². The maximum absolute atomic E-state index is 13.9. The standard InChI is InChI=1S/C45H54N4O7S/c1-4-36(5-2)49(27-9-26-48(3)39(50)24-25-40(51)52)29-32-10-8-11-34(28-32)42(53)47-44-41(37-12-6-7-13-38(37)57-44)43(54)46-35-22-18-31(19-23-35)15-14-30-16-20-33(21-17-30)45(55)56/h8,10-11,16-23,28,36H,4-7,9,12-15,24-27,29H2,1-3H3,(H,46,54)(H,47,53)(H,51,52)(H,55,56). The molecule has 4 aromatic rings. The fourth-order valence-electron chi connectivity index (χ4n) is 7.40. The van der Waals surface area contributed by atoms with Crippen molar-refractivity contribution in [2.24, 2.45) is 0 Å². The summed E-state index contributed by atoms with van der Waals surface area (Å²) in [5.74, 6) is -2.63. The molecule has 0 radical (unpaired) electrons. The highest BCUT2D eigenvalue weighted by atomic mass is 32.1. The van der Waals surface area contributed by atoms with E-state index in [0.29, 0.717) is 40.9 Å². The molecule has 11 nitrogen and oxygen atoms in total. The Hall–Kier alpha value is -5.33. The summed E-state index contributed by atoms with van der Waals surface area (Å²) in [6.07, 6.45) is 7.66. The summed E-state index contributed by atoms with van der Waals surface area (Å²) in [5, 5.41) is 24.8. The van der Waals surface area contributed by atoms with Crippen LogP contribution < -0.4 is 10.6 Å². The summed E-state index contributed by atoms with van der Waals surface area (Å²) in [4.78, 5) is 67.3. The highest BCUT2D eigenvalue weighted by Crippen LogP contribution is 2.39. The van der Waals surface area contributed by atoms with Gasteiger partial charge in [-0.1, -0.05) is 50.2 Å². The van der Waals surface area contributed by atoms with E-state index in [1.807, 2.05) is 54.6 Å². The third kappa shape index (κ3) is 12.1. The molecule has 3 amide bonds. The molecule has 0 fully saturated rings. The Balaban J connectivity index is 1.23. The second-order valence-corrected chi connectivity index (χ2v) is 15.8. The minimum absolute atomic E-state index is 0.0107. The molecule has 0 aliphatic heterocycles. The van der Waals surface area contributed by atoms with Crippen LogP contribution in [-0.4, -0.2) is 75.9 Å². The average molecular weight is 795 g/mol. The molecule has 1 aromatic heterocycles. The number of rotatable bonds is 20. The van der Waals surface area contributed by atoms with Crippen molar-refractivity contribution < 1.29 is 34.2 Å². The monoisotopic (exact) mass is 794 g/mol. The van der Waals surface area contributed by atoms with Gasteiger partial charge in [-0.15, -0.1) is 11.3 Å². The molecule has 4 N–H and O–H groups in total. The van der Waals surface area contributed by atoms with Gasteiger partial charge in [0.2, 0.25) is 5.91 Å². The number of carboxylic acid groups (broad SMARTS) is 2. The Bertz CT molecular complexity index is 2020. The second-order valence-electron chi connectivity index (χ2n) is 14.7. The molecule has 1 aliphatic rings. The predicted octanol–water partition coefficient (Wildman–Crippen LogP) is 8.32. The first-order valence-electron chi connectivity index (χ1n) is 19.9. The van der Waals surface area contributed by atoms with Gasteiger partial charge in [0.05, 0.1) is 17.5 Å². The van der Waals surface area contributed by atoms with Gasteiger partial charge in [-0.2, -0.15) is 0 Å². The number of carboxylic acids is 2. The number of benzene rings is 3. The molecule has 5 rings (SSSR count). The molecule has 0 atom stereocenters. The number of hydrogen-bond donors (Lipinski definition) is 4. The molecule has 0 saturated carbocycles. The van der Waals surface area contributed by atoms with Gasteiger partial charge in [-0.05, 0) is 116 Å². The normalized spacial score (nSPS) is 12.3. The van der Waals surface area contributed by atoms with E-state index in [2.05, 4.69) is 29.4 Å². The zero-order valence-corrected chi connectivity index (χ0v) is 34.0. The van der Waals surface area contributed by atoms with Crippen LogP contribution in [0.2, 0.25) is 0 Å². The van der Waals surface area contributed by atoms with E-state index in [1.165, 1.54) is 11.3 Å². The lowest BCUT2D eigenvalue weighted by Crippen LogP contribution is -2.37. The van der Waals surface area contributed by atoms with Crippen LogP contribution in [0.3, 0.4) is 0 Å². The van der Waals surface area contributed by atoms with E-state index < -0.39 is 11.9 Å². The number of nitrogens with one attached hydrogen (secondary N) is 2. The van der Waals surface area contributed by atoms with Crippen LogP contribution in [0.25, 0.3) is 0 Å². The van der Waals surface area contributed by atoms with E-state index in [-0.39, 0.29) is 36.1 Å². The highest BCUT2D eigenvalue weighted by Gasteiger charge is 2.27. The third-order valence-electron chi connectivity index (χ3n) is 10.7. The van der Waals surface area contributed by atoms with Crippen molar-refractivity contribution in [3.63, 3.8) is 0 Å². The van der Waals surface area contributed by atoms with Gasteiger partial charge in [0.1, 0.15) is 5.00 Å². The molecule has 302 valence electrons. The van der Waals surface area contributed by atoms with Gasteiger partial charge >= 0.3 is 11.9 Å². The van der Waals surface area contributed by atoms with Crippen molar-refractivity contribution in [1.82, 2.24) is 9.80 Å². The molecular formula is C45H54N4O7S. The number of carbonyl (C=O) groups is 5. The molecule has 1 heterocycles. The van der Waals surface area contributed by atoms with Crippen molar-refractivity contribution in [1.29, 1.82) is 0 Å². The number of thiophene rings is 1. The third-order valence-corrected chi connectivity index (χ3v) is 11.9. The van der Waals surface area contributed by atoms with E-state index in [0.717, 1.165) is 91.5 Å². The first kappa shape index (κ1) is 42.8. The maximum atomic E-state index is 13.9. The Kier molecular flexibility index (Phi) is 15.6. The van der Waals surface area contributed by atoms with Gasteiger partial charge in [-0.3, -0.25) is 24.1 Å². The second kappa shape index (κ2) is 20.7. The van der Waals surface area contributed by atoms with E-state index in [9.17, 15) is 24.0 Å². The minimum atomic E-state index is -0.982. The lowest BCUT2D eigenvalue weighted by atomic mass is 9.95. The quantitative estimate of drug-likeness (QED) is 0.0696. The lowest BCUT2D eigenvalue weighted by molar-refractivity contribution is -0.140. The molecule has 0 unspecified atom stereocenters. The van der Waals surface area contributed by atoms with Crippen LogP contribution in [0.15, 0.2) is 72.8 Å². The van der Waals surface area contributed by atoms with Gasteiger partial charge in [-0.25, -0.2) is 4.79 Å². The number of aryl methyl sites for hydroxylation is 3. The molecule has 12 heteroatoms. The summed E-state index contributed by atoms with van der Waals surface area (Å²) >= 11 is 1.49. The van der Waals surface area contributed by atoms with Gasteiger partial charge in [0, 0.05) is 55.3 Å². The largest absolute Gasteiger partial charge is 0.481 e. The van der Waals surface area contributed by atoms with Gasteiger partial charge in [0.25, 0.3) is 11.8 Å². The average Bonchev–Trinajstić information content (AvgIpc) is 3.58. The molecule has 1 aliphatic carbocycles. The topological polar surface area (TPSA) is 156 Å². The van der Waals surface area contributed by atoms with E-state index in [1.54, 1.807) is 30.1 Å². The lowest BCUT2D eigenvalue weighted by Gasteiger charge is -2.31. The number of aromatic carboxylic acids is 1. The summed E-state index contributed by atoms with van der Waals surface area (Å²) in [6.45, 7) is 6.21. The number of amides is 3. The van der Waals surface area contributed by atoms with Gasteiger partial charge in [0.15, 0.2) is 0 Å². The highest BCUT2D eigenvalue weighted by molar-refractivity contribution is 7.17. The molecule has 0 spiro atoms. The van der Waals surface area contributed by atoms with Crippen LogP contribution in [-0.2, 0) is 41.8 Å². The number of hydrogen-bond acceptors (Lipinski definition) is 7. The number of nitrogens with zero attached hydrogens (tertiary/aromatic N) is 2. The predicted molar refractivity (Wildman–Crippen MR) is 224 cm³/mol. The minimum Gasteiger partial charge on any atom is -0.481 e.